The number of amides is 2. The summed E-state index contributed by atoms with van der Waals surface area (Å²) in [5.41, 5.74) is 1.67. The molecule has 2 amide bonds. The van der Waals surface area contributed by atoms with Crippen LogP contribution in [0.1, 0.15) is 26.3 Å². The molecule has 0 aromatic heterocycles. The summed E-state index contributed by atoms with van der Waals surface area (Å²) in [6.07, 6.45) is 4.91. The van der Waals surface area contributed by atoms with E-state index in [0.29, 0.717) is 22.3 Å². The van der Waals surface area contributed by atoms with Crippen molar-refractivity contribution in [1.29, 1.82) is 0 Å². The Balaban J connectivity index is 1.44. The first kappa shape index (κ1) is 26.5. The average molecular weight is 612 g/mol. The van der Waals surface area contributed by atoms with Crippen molar-refractivity contribution in [3.63, 3.8) is 0 Å². The highest BCUT2D eigenvalue weighted by Crippen LogP contribution is 2.47. The van der Waals surface area contributed by atoms with Gasteiger partial charge in [0.2, 0.25) is 11.8 Å². The van der Waals surface area contributed by atoms with Crippen LogP contribution in [-0.2, 0) is 9.59 Å². The lowest BCUT2D eigenvalue weighted by molar-refractivity contribution is -0.384. The number of imide groups is 1. The van der Waals surface area contributed by atoms with Gasteiger partial charge in [-0.3, -0.25) is 29.3 Å². The number of fused-ring (bicyclic) bond motifs is 3. The minimum atomic E-state index is -1.02. The number of carbonyl (C=O) groups excluding carboxylic acids is 4. The SMILES string of the molecule is Cc1cc([N+](=O)[O-])ccc1N1C(=O)[C@@H]2[C@H](C1=O)[C@@H](C(=O)c1ccc(Br)cc1)N1C=CC(C(=O)c3ccccc3)=C[C@H]21. The Morgan fingerprint density at radius 3 is 2.24 bits per heavy atom. The molecule has 3 aliphatic heterocycles. The van der Waals surface area contributed by atoms with E-state index >= 15 is 0 Å². The fraction of sp³-hybridized carbons (Fsp3) is 0.161. The number of non-ortho nitro benzene ring substituents is 1. The topological polar surface area (TPSA) is 118 Å². The predicted molar refractivity (Wildman–Crippen MR) is 153 cm³/mol. The molecule has 10 heteroatoms. The van der Waals surface area contributed by atoms with E-state index in [1.54, 1.807) is 84.8 Å². The number of Topliss-reactive ketones (excluding diaryl/α,β-unsaturated/α-hetero) is 2. The second kappa shape index (κ2) is 10.0. The molecular weight excluding hydrogens is 590 g/mol. The van der Waals surface area contributed by atoms with Crippen LogP contribution in [0.3, 0.4) is 0 Å². The van der Waals surface area contributed by atoms with Crippen molar-refractivity contribution in [2.75, 3.05) is 4.90 Å². The summed E-state index contributed by atoms with van der Waals surface area (Å²) >= 11 is 3.37. The molecule has 0 N–H and O–H groups in total. The van der Waals surface area contributed by atoms with E-state index < -0.39 is 40.7 Å². The third-order valence-electron chi connectivity index (χ3n) is 7.88. The van der Waals surface area contributed by atoms with Gasteiger partial charge >= 0.3 is 0 Å². The van der Waals surface area contributed by atoms with Gasteiger partial charge in [-0.1, -0.05) is 64.5 Å². The Morgan fingerprint density at radius 1 is 0.902 bits per heavy atom. The van der Waals surface area contributed by atoms with Gasteiger partial charge in [-0.15, -0.1) is 0 Å². The van der Waals surface area contributed by atoms with Crippen molar-refractivity contribution in [2.24, 2.45) is 11.8 Å². The van der Waals surface area contributed by atoms with Crippen molar-refractivity contribution >= 4 is 50.7 Å². The van der Waals surface area contributed by atoms with Gasteiger partial charge in [0, 0.05) is 39.5 Å². The zero-order valence-electron chi connectivity index (χ0n) is 21.6. The lowest BCUT2D eigenvalue weighted by atomic mass is 9.85. The van der Waals surface area contributed by atoms with E-state index in [9.17, 15) is 29.3 Å². The van der Waals surface area contributed by atoms with E-state index in [-0.39, 0.29) is 22.9 Å². The van der Waals surface area contributed by atoms with Crippen molar-refractivity contribution < 1.29 is 24.1 Å². The number of allylic oxidation sites excluding steroid dienone is 2. The number of carbonyl (C=O) groups is 4. The fourth-order valence-corrected chi connectivity index (χ4v) is 6.24. The molecule has 6 rings (SSSR count). The van der Waals surface area contributed by atoms with Gasteiger partial charge in [0.15, 0.2) is 11.6 Å². The van der Waals surface area contributed by atoms with Crippen LogP contribution in [0.5, 0.6) is 0 Å². The highest BCUT2D eigenvalue weighted by atomic mass is 79.9. The van der Waals surface area contributed by atoms with E-state index in [1.807, 2.05) is 0 Å². The third-order valence-corrected chi connectivity index (χ3v) is 8.40. The lowest BCUT2D eigenvalue weighted by Crippen LogP contribution is -2.46. The first-order valence-electron chi connectivity index (χ1n) is 12.9. The number of hydrogen-bond donors (Lipinski definition) is 0. The van der Waals surface area contributed by atoms with Gasteiger partial charge < -0.3 is 4.90 Å². The van der Waals surface area contributed by atoms with E-state index in [2.05, 4.69) is 15.9 Å². The average Bonchev–Trinajstić information content (AvgIpc) is 3.44. The van der Waals surface area contributed by atoms with Gasteiger partial charge in [0.05, 0.1) is 28.5 Å². The van der Waals surface area contributed by atoms with E-state index in [4.69, 9.17) is 0 Å². The second-order valence-corrected chi connectivity index (χ2v) is 11.1. The van der Waals surface area contributed by atoms with Crippen LogP contribution in [0.15, 0.2) is 101 Å². The summed E-state index contributed by atoms with van der Waals surface area (Å²) in [5.74, 6) is -3.60. The highest BCUT2D eigenvalue weighted by Gasteiger charge is 2.63. The summed E-state index contributed by atoms with van der Waals surface area (Å²) in [5, 5.41) is 11.3. The molecular formula is C31H22BrN3O6. The number of rotatable bonds is 6. The first-order chi connectivity index (χ1) is 19.7. The number of nitro groups is 1. The molecule has 0 spiro atoms. The maximum atomic E-state index is 14.0. The van der Waals surface area contributed by atoms with Crippen LogP contribution in [0.25, 0.3) is 0 Å². The summed E-state index contributed by atoms with van der Waals surface area (Å²) < 4.78 is 0.785. The smallest absolute Gasteiger partial charge is 0.269 e. The summed E-state index contributed by atoms with van der Waals surface area (Å²) in [6.45, 7) is 1.59. The maximum absolute atomic E-state index is 14.0. The molecule has 0 bridgehead atoms. The highest BCUT2D eigenvalue weighted by molar-refractivity contribution is 9.10. The van der Waals surface area contributed by atoms with Crippen LogP contribution in [-0.4, -0.2) is 45.3 Å². The molecule has 41 heavy (non-hydrogen) atoms. The normalized spacial score (nSPS) is 22.8. The molecule has 2 fully saturated rings. The van der Waals surface area contributed by atoms with Crippen LogP contribution in [0, 0.1) is 28.9 Å². The molecule has 204 valence electrons. The molecule has 3 aromatic rings. The maximum Gasteiger partial charge on any atom is 0.269 e. The number of nitro benzene ring substituents is 1. The van der Waals surface area contributed by atoms with Gasteiger partial charge in [0.1, 0.15) is 6.04 Å². The Kier molecular flexibility index (Phi) is 6.50. The Labute approximate surface area is 243 Å². The number of benzene rings is 3. The molecule has 9 nitrogen and oxygen atoms in total. The predicted octanol–water partition coefficient (Wildman–Crippen LogP) is 5.04. The van der Waals surface area contributed by atoms with Gasteiger partial charge in [-0.25, -0.2) is 4.90 Å². The summed E-state index contributed by atoms with van der Waals surface area (Å²) in [7, 11) is 0. The third kappa shape index (κ3) is 4.31. The van der Waals surface area contributed by atoms with Crippen LogP contribution < -0.4 is 4.90 Å². The van der Waals surface area contributed by atoms with Crippen LogP contribution >= 0.6 is 15.9 Å². The number of hydrogen-bond acceptors (Lipinski definition) is 7. The monoisotopic (exact) mass is 611 g/mol. The molecule has 3 aliphatic rings. The zero-order valence-corrected chi connectivity index (χ0v) is 23.2. The number of nitrogens with zero attached hydrogens (tertiary/aromatic N) is 3. The Bertz CT molecular complexity index is 1700. The second-order valence-electron chi connectivity index (χ2n) is 10.2. The number of anilines is 1. The zero-order chi connectivity index (χ0) is 29.0. The molecule has 3 aromatic carbocycles. The van der Waals surface area contributed by atoms with Crippen molar-refractivity contribution in [1.82, 2.24) is 4.90 Å². The van der Waals surface area contributed by atoms with E-state index in [0.717, 1.165) is 9.37 Å². The number of aryl methyl sites for hydroxylation is 1. The lowest BCUT2D eigenvalue weighted by Gasteiger charge is -2.33. The molecule has 0 unspecified atom stereocenters. The fourth-order valence-electron chi connectivity index (χ4n) is 5.98. The quantitative estimate of drug-likeness (QED) is 0.166. The van der Waals surface area contributed by atoms with Crippen LogP contribution in [0.4, 0.5) is 11.4 Å². The number of ketones is 2. The Hall–Kier alpha value is -4.70. The van der Waals surface area contributed by atoms with Gasteiger partial charge in [-0.05, 0) is 36.8 Å². The molecule has 3 heterocycles. The minimum Gasteiger partial charge on any atom is -0.359 e. The molecule has 2 saturated heterocycles. The van der Waals surface area contributed by atoms with Gasteiger partial charge in [-0.2, -0.15) is 0 Å². The standard InChI is InChI=1S/C31H22BrN3O6/c1-17-15-22(35(40)41)11-12-23(17)34-30(38)25-24-16-20(28(36)18-5-3-2-4-6-18)13-14-33(24)27(26(25)31(34)39)29(37)19-7-9-21(32)10-8-19/h2-16,24-27H,1H3/t24-,25+,26+,27+/m1/s1. The number of halogens is 1. The summed E-state index contributed by atoms with van der Waals surface area (Å²) in [6, 6.07) is 17.7. The van der Waals surface area contributed by atoms with Crippen LogP contribution in [0.2, 0.25) is 0 Å². The first-order valence-corrected chi connectivity index (χ1v) is 13.7. The minimum absolute atomic E-state index is 0.163. The molecule has 0 aliphatic carbocycles. The summed E-state index contributed by atoms with van der Waals surface area (Å²) in [4.78, 5) is 68.7. The van der Waals surface area contributed by atoms with Gasteiger partial charge in [0.25, 0.3) is 5.69 Å². The molecule has 0 saturated carbocycles. The molecule has 4 atom stereocenters. The van der Waals surface area contributed by atoms with Crippen molar-refractivity contribution in [3.8, 4) is 0 Å². The van der Waals surface area contributed by atoms with Crippen molar-refractivity contribution in [2.45, 2.75) is 19.0 Å². The van der Waals surface area contributed by atoms with E-state index in [1.165, 1.54) is 18.2 Å². The Morgan fingerprint density at radius 2 is 1.59 bits per heavy atom. The molecule has 0 radical (unpaired) electrons. The largest absolute Gasteiger partial charge is 0.359 e. The van der Waals surface area contributed by atoms with Crippen molar-refractivity contribution in [3.05, 3.63) is 128 Å².